The zero-order valence-electron chi connectivity index (χ0n) is 11.2. The number of amides is 1. The Morgan fingerprint density at radius 2 is 2.28 bits per heavy atom. The number of nitrogens with one attached hydrogen (secondary N) is 1. The van der Waals surface area contributed by atoms with Crippen molar-refractivity contribution in [3.05, 3.63) is 11.7 Å². The van der Waals surface area contributed by atoms with Gasteiger partial charge in [-0.25, -0.2) is 0 Å². The molecule has 0 bridgehead atoms. The van der Waals surface area contributed by atoms with Gasteiger partial charge in [0, 0.05) is 13.2 Å². The molecule has 0 radical (unpaired) electrons. The molecule has 0 aliphatic heterocycles. The minimum atomic E-state index is -0.720. The number of carbonyl (C=O) groups is 1. The van der Waals surface area contributed by atoms with Gasteiger partial charge in [-0.05, 0) is 27.2 Å². The topological polar surface area (TPSA) is 103 Å². The van der Waals surface area contributed by atoms with Crippen molar-refractivity contribution < 1.29 is 14.1 Å². The van der Waals surface area contributed by atoms with Crippen LogP contribution >= 0.6 is 0 Å². The summed E-state index contributed by atoms with van der Waals surface area (Å²) in [5.74, 6) is -0.482. The molecule has 1 aromatic heterocycles. The smallest absolute Gasteiger partial charge is 0.315 e. The van der Waals surface area contributed by atoms with Crippen LogP contribution in [0.2, 0.25) is 0 Å². The molecule has 0 aliphatic carbocycles. The van der Waals surface area contributed by atoms with Gasteiger partial charge in [0.1, 0.15) is 0 Å². The van der Waals surface area contributed by atoms with E-state index in [0.29, 0.717) is 12.4 Å². The van der Waals surface area contributed by atoms with Gasteiger partial charge >= 0.3 is 11.8 Å². The fourth-order valence-corrected chi connectivity index (χ4v) is 1.58. The zero-order valence-corrected chi connectivity index (χ0v) is 11.2. The van der Waals surface area contributed by atoms with E-state index in [2.05, 4.69) is 20.0 Å². The minimum Gasteiger partial charge on any atom is -0.379 e. The number of ether oxygens (including phenoxy) is 1. The first-order valence-corrected chi connectivity index (χ1v) is 5.75. The fourth-order valence-electron chi connectivity index (χ4n) is 1.58. The lowest BCUT2D eigenvalue weighted by molar-refractivity contribution is 0.00838. The van der Waals surface area contributed by atoms with Crippen LogP contribution in [0, 0.1) is 0 Å². The van der Waals surface area contributed by atoms with Crippen molar-refractivity contribution in [1.29, 1.82) is 0 Å². The number of methoxy groups -OCH3 is 1. The standard InChI is InChI=1S/C11H20N4O3/c1-7(5-11(2,3)17-4)13-6-8-14-10(9(12)16)18-15-8/h7,13H,5-6H2,1-4H3,(H2,12,16). The molecular weight excluding hydrogens is 236 g/mol. The molecule has 0 aliphatic rings. The maximum absolute atomic E-state index is 10.8. The number of primary amides is 1. The lowest BCUT2D eigenvalue weighted by atomic mass is 10.00. The quantitative estimate of drug-likeness (QED) is 0.734. The number of nitrogens with two attached hydrogens (primary N) is 1. The average Bonchev–Trinajstić information content (AvgIpc) is 2.74. The highest BCUT2D eigenvalue weighted by molar-refractivity contribution is 5.87. The second-order valence-electron chi connectivity index (χ2n) is 4.83. The van der Waals surface area contributed by atoms with Gasteiger partial charge in [0.25, 0.3) is 0 Å². The van der Waals surface area contributed by atoms with E-state index in [0.717, 1.165) is 6.42 Å². The Morgan fingerprint density at radius 3 is 2.78 bits per heavy atom. The molecule has 0 fully saturated rings. The summed E-state index contributed by atoms with van der Waals surface area (Å²) < 4.78 is 10.0. The van der Waals surface area contributed by atoms with E-state index in [1.54, 1.807) is 7.11 Å². The summed E-state index contributed by atoms with van der Waals surface area (Å²) in [7, 11) is 1.69. The van der Waals surface area contributed by atoms with Gasteiger partial charge in [0.05, 0.1) is 12.1 Å². The summed E-state index contributed by atoms with van der Waals surface area (Å²) in [4.78, 5) is 14.6. The maximum Gasteiger partial charge on any atom is 0.315 e. The molecule has 1 aromatic rings. The van der Waals surface area contributed by atoms with Crippen molar-refractivity contribution in [2.45, 2.75) is 45.4 Å². The lowest BCUT2D eigenvalue weighted by Gasteiger charge is -2.26. The van der Waals surface area contributed by atoms with Gasteiger partial charge < -0.3 is 20.3 Å². The van der Waals surface area contributed by atoms with Crippen LogP contribution in [-0.4, -0.2) is 34.8 Å². The van der Waals surface area contributed by atoms with Gasteiger partial charge in [-0.15, -0.1) is 0 Å². The molecule has 1 atom stereocenters. The first kappa shape index (κ1) is 14.6. The van der Waals surface area contributed by atoms with E-state index < -0.39 is 5.91 Å². The summed E-state index contributed by atoms with van der Waals surface area (Å²) in [6.45, 7) is 6.49. The Balaban J connectivity index is 2.42. The van der Waals surface area contributed by atoms with Crippen molar-refractivity contribution in [3.63, 3.8) is 0 Å². The van der Waals surface area contributed by atoms with Crippen LogP contribution in [0.5, 0.6) is 0 Å². The van der Waals surface area contributed by atoms with E-state index in [9.17, 15) is 4.79 Å². The van der Waals surface area contributed by atoms with E-state index in [1.165, 1.54) is 0 Å². The van der Waals surface area contributed by atoms with Crippen LogP contribution in [0.1, 0.15) is 43.7 Å². The average molecular weight is 256 g/mol. The van der Waals surface area contributed by atoms with Gasteiger partial charge in [-0.1, -0.05) is 5.16 Å². The summed E-state index contributed by atoms with van der Waals surface area (Å²) >= 11 is 0. The van der Waals surface area contributed by atoms with Crippen molar-refractivity contribution in [3.8, 4) is 0 Å². The van der Waals surface area contributed by atoms with E-state index in [1.807, 2.05) is 20.8 Å². The number of hydrogen-bond donors (Lipinski definition) is 2. The second kappa shape index (κ2) is 5.92. The number of carbonyl (C=O) groups excluding carboxylic acids is 1. The van der Waals surface area contributed by atoms with E-state index >= 15 is 0 Å². The molecule has 1 amide bonds. The number of nitrogens with zero attached hydrogens (tertiary/aromatic N) is 2. The van der Waals surface area contributed by atoms with Crippen molar-refractivity contribution in [2.75, 3.05) is 7.11 Å². The number of hydrogen-bond acceptors (Lipinski definition) is 6. The Labute approximate surface area is 106 Å². The van der Waals surface area contributed by atoms with Crippen molar-refractivity contribution in [2.24, 2.45) is 5.73 Å². The molecule has 3 N–H and O–H groups in total. The molecule has 7 nitrogen and oxygen atoms in total. The molecule has 7 heteroatoms. The van der Waals surface area contributed by atoms with Gasteiger partial charge in [-0.2, -0.15) is 4.98 Å². The molecule has 0 saturated carbocycles. The fraction of sp³-hybridized carbons (Fsp3) is 0.727. The molecule has 0 aromatic carbocycles. The minimum absolute atomic E-state index is 0.170. The highest BCUT2D eigenvalue weighted by Crippen LogP contribution is 2.15. The Bertz CT molecular complexity index is 403. The van der Waals surface area contributed by atoms with Crippen LogP contribution in [0.4, 0.5) is 0 Å². The second-order valence-corrected chi connectivity index (χ2v) is 4.83. The molecule has 0 spiro atoms. The summed E-state index contributed by atoms with van der Waals surface area (Å²) in [5, 5.41) is 6.87. The van der Waals surface area contributed by atoms with E-state index in [-0.39, 0.29) is 17.5 Å². The van der Waals surface area contributed by atoms with Gasteiger partial charge in [0.2, 0.25) is 0 Å². The first-order chi connectivity index (χ1) is 8.34. The van der Waals surface area contributed by atoms with Crippen LogP contribution in [0.15, 0.2) is 4.52 Å². The summed E-state index contributed by atoms with van der Waals surface area (Å²) in [6, 6.07) is 0.218. The molecular formula is C11H20N4O3. The molecule has 1 rings (SSSR count). The Kier molecular flexibility index (Phi) is 4.80. The van der Waals surface area contributed by atoms with Crippen LogP contribution in [0.25, 0.3) is 0 Å². The third kappa shape index (κ3) is 4.42. The molecule has 18 heavy (non-hydrogen) atoms. The summed E-state index contributed by atoms with van der Waals surface area (Å²) in [5.41, 5.74) is 4.82. The largest absolute Gasteiger partial charge is 0.379 e. The zero-order chi connectivity index (χ0) is 13.8. The Hall–Kier alpha value is -1.47. The first-order valence-electron chi connectivity index (χ1n) is 5.75. The van der Waals surface area contributed by atoms with E-state index in [4.69, 9.17) is 10.5 Å². The molecule has 0 saturated heterocycles. The maximum atomic E-state index is 10.8. The molecule has 1 heterocycles. The third-order valence-corrected chi connectivity index (χ3v) is 2.64. The number of aromatic nitrogens is 2. The van der Waals surface area contributed by atoms with Gasteiger partial charge in [-0.3, -0.25) is 4.79 Å². The molecule has 1 unspecified atom stereocenters. The molecule has 102 valence electrons. The van der Waals surface area contributed by atoms with Crippen LogP contribution in [0.3, 0.4) is 0 Å². The lowest BCUT2D eigenvalue weighted by Crippen LogP contribution is -2.35. The monoisotopic (exact) mass is 256 g/mol. The third-order valence-electron chi connectivity index (χ3n) is 2.64. The highest BCUT2D eigenvalue weighted by atomic mass is 16.5. The SMILES string of the molecule is COC(C)(C)CC(C)NCc1noc(C(N)=O)n1. The predicted octanol–water partition coefficient (Wildman–Crippen LogP) is 0.462. The van der Waals surface area contributed by atoms with Crippen molar-refractivity contribution >= 4 is 5.91 Å². The summed E-state index contributed by atoms with van der Waals surface area (Å²) in [6.07, 6.45) is 0.837. The highest BCUT2D eigenvalue weighted by Gasteiger charge is 2.20. The predicted molar refractivity (Wildman–Crippen MR) is 64.8 cm³/mol. The van der Waals surface area contributed by atoms with Crippen LogP contribution < -0.4 is 11.1 Å². The normalized spacial score (nSPS) is 13.6. The van der Waals surface area contributed by atoms with Crippen molar-refractivity contribution in [1.82, 2.24) is 15.5 Å². The number of rotatable bonds is 7. The van der Waals surface area contributed by atoms with Crippen LogP contribution in [-0.2, 0) is 11.3 Å². The Morgan fingerprint density at radius 1 is 1.61 bits per heavy atom. The van der Waals surface area contributed by atoms with Gasteiger partial charge in [0.15, 0.2) is 5.82 Å².